The van der Waals surface area contributed by atoms with Crippen LogP contribution in [-0.4, -0.2) is 46.8 Å². The Kier molecular flexibility index (Phi) is 5.22. The fourth-order valence-corrected chi connectivity index (χ4v) is 2.66. The highest BCUT2D eigenvalue weighted by Gasteiger charge is 2.28. The fraction of sp³-hybridized carbons (Fsp3) is 0.733. The maximum absolute atomic E-state index is 12.6. The number of H-pyrrole nitrogens is 1. The van der Waals surface area contributed by atoms with Gasteiger partial charge in [-0.3, -0.25) is 9.89 Å². The van der Waals surface area contributed by atoms with Gasteiger partial charge in [-0.15, -0.1) is 0 Å². The van der Waals surface area contributed by atoms with Gasteiger partial charge in [-0.05, 0) is 25.2 Å². The SMILES string of the molecule is CCCOC1CCCN(C(=O)c2n[nH]c(C(C)C)c2N)C1. The monoisotopic (exact) mass is 294 g/mol. The number of carbonyl (C=O) groups is 1. The summed E-state index contributed by atoms with van der Waals surface area (Å²) in [6.45, 7) is 8.25. The molecule has 1 fully saturated rings. The van der Waals surface area contributed by atoms with Crippen molar-refractivity contribution in [2.75, 3.05) is 25.4 Å². The molecule has 1 aliphatic rings. The molecule has 6 heteroatoms. The van der Waals surface area contributed by atoms with Crippen molar-refractivity contribution < 1.29 is 9.53 Å². The lowest BCUT2D eigenvalue weighted by molar-refractivity contribution is 0.00195. The number of amides is 1. The minimum atomic E-state index is -0.0968. The molecular weight excluding hydrogens is 268 g/mol. The Morgan fingerprint density at radius 2 is 2.33 bits per heavy atom. The molecule has 0 saturated carbocycles. The molecule has 1 unspecified atom stereocenters. The third-order valence-corrected chi connectivity index (χ3v) is 3.84. The summed E-state index contributed by atoms with van der Waals surface area (Å²) in [5, 5.41) is 7.00. The Hall–Kier alpha value is -1.56. The number of anilines is 1. The molecular formula is C15H26N4O2. The minimum Gasteiger partial charge on any atom is -0.395 e. The van der Waals surface area contributed by atoms with Crippen LogP contribution in [0, 0.1) is 0 Å². The van der Waals surface area contributed by atoms with Crippen LogP contribution < -0.4 is 5.73 Å². The second-order valence-corrected chi connectivity index (χ2v) is 5.94. The molecule has 0 spiro atoms. The summed E-state index contributed by atoms with van der Waals surface area (Å²) in [6, 6.07) is 0. The molecule has 2 heterocycles. The van der Waals surface area contributed by atoms with Crippen LogP contribution in [0.4, 0.5) is 5.69 Å². The van der Waals surface area contributed by atoms with E-state index in [2.05, 4.69) is 17.1 Å². The number of nitrogens with zero attached hydrogens (tertiary/aromatic N) is 2. The molecule has 1 saturated heterocycles. The Balaban J connectivity index is 2.05. The van der Waals surface area contributed by atoms with E-state index in [0.717, 1.165) is 38.1 Å². The zero-order valence-corrected chi connectivity index (χ0v) is 13.2. The number of nitrogen functional groups attached to an aromatic ring is 1. The van der Waals surface area contributed by atoms with Crippen molar-refractivity contribution in [3.8, 4) is 0 Å². The summed E-state index contributed by atoms with van der Waals surface area (Å²) >= 11 is 0. The maximum atomic E-state index is 12.6. The summed E-state index contributed by atoms with van der Waals surface area (Å²) in [5.41, 5.74) is 7.70. The molecule has 1 aromatic heterocycles. The van der Waals surface area contributed by atoms with E-state index in [9.17, 15) is 4.79 Å². The van der Waals surface area contributed by atoms with Gasteiger partial charge < -0.3 is 15.4 Å². The van der Waals surface area contributed by atoms with Gasteiger partial charge >= 0.3 is 0 Å². The molecule has 21 heavy (non-hydrogen) atoms. The van der Waals surface area contributed by atoms with Gasteiger partial charge in [0.1, 0.15) is 0 Å². The van der Waals surface area contributed by atoms with Crippen molar-refractivity contribution in [3.63, 3.8) is 0 Å². The topological polar surface area (TPSA) is 84.2 Å². The summed E-state index contributed by atoms with van der Waals surface area (Å²) in [7, 11) is 0. The van der Waals surface area contributed by atoms with E-state index in [1.807, 2.05) is 13.8 Å². The number of ether oxygens (including phenoxy) is 1. The first-order valence-corrected chi connectivity index (χ1v) is 7.79. The number of aromatic nitrogens is 2. The van der Waals surface area contributed by atoms with Gasteiger partial charge in [0.2, 0.25) is 0 Å². The first-order valence-electron chi connectivity index (χ1n) is 7.79. The molecule has 1 aromatic rings. The number of hydrogen-bond acceptors (Lipinski definition) is 4. The maximum Gasteiger partial charge on any atom is 0.276 e. The summed E-state index contributed by atoms with van der Waals surface area (Å²) in [4.78, 5) is 14.4. The van der Waals surface area contributed by atoms with Gasteiger partial charge in [-0.1, -0.05) is 20.8 Å². The van der Waals surface area contributed by atoms with Gasteiger partial charge in [-0.25, -0.2) is 0 Å². The third-order valence-electron chi connectivity index (χ3n) is 3.84. The molecule has 0 aromatic carbocycles. The van der Waals surface area contributed by atoms with Gasteiger partial charge in [0.15, 0.2) is 5.69 Å². The highest BCUT2D eigenvalue weighted by atomic mass is 16.5. The third kappa shape index (κ3) is 3.56. The summed E-state index contributed by atoms with van der Waals surface area (Å²) in [5.74, 6) is 0.126. The second kappa shape index (κ2) is 6.93. The lowest BCUT2D eigenvalue weighted by Crippen LogP contribution is -2.43. The summed E-state index contributed by atoms with van der Waals surface area (Å²) in [6.07, 6.45) is 3.10. The van der Waals surface area contributed by atoms with Crippen molar-refractivity contribution in [1.82, 2.24) is 15.1 Å². The number of carbonyl (C=O) groups excluding carboxylic acids is 1. The van der Waals surface area contributed by atoms with E-state index in [0.29, 0.717) is 17.9 Å². The number of nitrogens with one attached hydrogen (secondary N) is 1. The Bertz CT molecular complexity index is 484. The van der Waals surface area contributed by atoms with E-state index in [1.54, 1.807) is 4.90 Å². The molecule has 6 nitrogen and oxygen atoms in total. The molecule has 0 bridgehead atoms. The predicted octanol–water partition coefficient (Wildman–Crippen LogP) is 2.15. The quantitative estimate of drug-likeness (QED) is 0.871. The van der Waals surface area contributed by atoms with Crippen LogP contribution in [0.25, 0.3) is 0 Å². The van der Waals surface area contributed by atoms with Gasteiger partial charge in [-0.2, -0.15) is 5.10 Å². The smallest absolute Gasteiger partial charge is 0.276 e. The normalized spacial score (nSPS) is 19.2. The number of aromatic amines is 1. The molecule has 0 aliphatic carbocycles. The lowest BCUT2D eigenvalue weighted by Gasteiger charge is -2.32. The molecule has 1 amide bonds. The van der Waals surface area contributed by atoms with E-state index in [1.165, 1.54) is 0 Å². The molecule has 1 atom stereocenters. The van der Waals surface area contributed by atoms with Crippen LogP contribution in [-0.2, 0) is 4.74 Å². The standard InChI is InChI=1S/C15H26N4O2/c1-4-8-21-11-6-5-7-19(9-11)15(20)14-12(16)13(10(2)3)17-18-14/h10-11H,4-9,16H2,1-3H3,(H,17,18). The number of rotatable bonds is 5. The Labute approximate surface area is 126 Å². The molecule has 1 aliphatic heterocycles. The number of likely N-dealkylation sites (tertiary alicyclic amines) is 1. The van der Waals surface area contributed by atoms with Gasteiger partial charge in [0, 0.05) is 19.7 Å². The van der Waals surface area contributed by atoms with Crippen LogP contribution >= 0.6 is 0 Å². The second-order valence-electron chi connectivity index (χ2n) is 5.94. The fourth-order valence-electron chi connectivity index (χ4n) is 2.66. The van der Waals surface area contributed by atoms with Crippen LogP contribution in [0.5, 0.6) is 0 Å². The zero-order chi connectivity index (χ0) is 15.4. The summed E-state index contributed by atoms with van der Waals surface area (Å²) < 4.78 is 5.77. The molecule has 2 rings (SSSR count). The van der Waals surface area contributed by atoms with Crippen molar-refractivity contribution >= 4 is 11.6 Å². The van der Waals surface area contributed by atoms with Crippen LogP contribution in [0.2, 0.25) is 0 Å². The first-order chi connectivity index (χ1) is 10.0. The van der Waals surface area contributed by atoms with E-state index >= 15 is 0 Å². The van der Waals surface area contributed by atoms with E-state index < -0.39 is 0 Å². The average Bonchev–Trinajstić information content (AvgIpc) is 2.86. The van der Waals surface area contributed by atoms with E-state index in [-0.39, 0.29) is 17.9 Å². The number of nitrogens with two attached hydrogens (primary N) is 1. The molecule has 0 radical (unpaired) electrons. The van der Waals surface area contributed by atoms with Crippen molar-refractivity contribution in [2.45, 2.75) is 52.1 Å². The molecule has 118 valence electrons. The van der Waals surface area contributed by atoms with Crippen molar-refractivity contribution in [3.05, 3.63) is 11.4 Å². The van der Waals surface area contributed by atoms with Gasteiger partial charge in [0.25, 0.3) is 5.91 Å². The van der Waals surface area contributed by atoms with Crippen molar-refractivity contribution in [2.24, 2.45) is 0 Å². The van der Waals surface area contributed by atoms with Crippen LogP contribution in [0.3, 0.4) is 0 Å². The Morgan fingerprint density at radius 3 is 2.95 bits per heavy atom. The van der Waals surface area contributed by atoms with Crippen molar-refractivity contribution in [1.29, 1.82) is 0 Å². The minimum absolute atomic E-state index is 0.0968. The first kappa shape index (κ1) is 15.8. The number of piperidine rings is 1. The lowest BCUT2D eigenvalue weighted by atomic mass is 10.1. The highest BCUT2D eigenvalue weighted by molar-refractivity contribution is 5.97. The predicted molar refractivity (Wildman–Crippen MR) is 82.3 cm³/mol. The van der Waals surface area contributed by atoms with Gasteiger partial charge in [0.05, 0.1) is 17.5 Å². The van der Waals surface area contributed by atoms with Crippen LogP contribution in [0.15, 0.2) is 0 Å². The zero-order valence-electron chi connectivity index (χ0n) is 13.2. The number of hydrogen-bond donors (Lipinski definition) is 2. The van der Waals surface area contributed by atoms with E-state index in [4.69, 9.17) is 10.5 Å². The molecule has 3 N–H and O–H groups in total. The average molecular weight is 294 g/mol. The largest absolute Gasteiger partial charge is 0.395 e. The highest BCUT2D eigenvalue weighted by Crippen LogP contribution is 2.24. The Morgan fingerprint density at radius 1 is 1.57 bits per heavy atom. The van der Waals surface area contributed by atoms with Crippen LogP contribution in [0.1, 0.15) is 62.1 Å².